The molecule has 0 spiro atoms. The first-order valence-corrected chi connectivity index (χ1v) is 7.13. The highest BCUT2D eigenvalue weighted by Gasteiger charge is 2.29. The fourth-order valence-corrected chi connectivity index (χ4v) is 2.71. The monoisotopic (exact) mass is 354 g/mol. The van der Waals surface area contributed by atoms with E-state index in [1.54, 1.807) is 16.8 Å². The van der Waals surface area contributed by atoms with Crippen molar-refractivity contribution in [2.45, 2.75) is 12.6 Å². The number of rotatable bonds is 4. The number of hydrogen-bond acceptors (Lipinski definition) is 4. The number of aromatic nitrogens is 3. The highest BCUT2D eigenvalue weighted by Crippen LogP contribution is 2.24. The van der Waals surface area contributed by atoms with E-state index < -0.39 is 5.97 Å². The number of benzene rings is 1. The number of carboxylic acids is 1. The summed E-state index contributed by atoms with van der Waals surface area (Å²) in [6.45, 7) is 2.24. The van der Waals surface area contributed by atoms with Crippen LogP contribution in [-0.2, 0) is 6.54 Å². The van der Waals surface area contributed by atoms with Gasteiger partial charge in [0.05, 0.1) is 16.7 Å². The molecule has 6 nitrogen and oxygen atoms in total. The highest BCUT2D eigenvalue weighted by molar-refractivity contribution is 9.10. The normalized spacial score (nSPS) is 15.9. The maximum atomic E-state index is 13.2. The van der Waals surface area contributed by atoms with Crippen LogP contribution in [0.5, 0.6) is 0 Å². The van der Waals surface area contributed by atoms with Gasteiger partial charge in [-0.3, -0.25) is 4.90 Å². The number of halogens is 2. The maximum absolute atomic E-state index is 13.2. The van der Waals surface area contributed by atoms with Crippen LogP contribution in [0.4, 0.5) is 4.39 Å². The van der Waals surface area contributed by atoms with Crippen LogP contribution in [0.3, 0.4) is 0 Å². The third-order valence-electron chi connectivity index (χ3n) is 3.43. The van der Waals surface area contributed by atoms with Gasteiger partial charge in [-0.25, -0.2) is 13.9 Å². The Bertz CT molecular complexity index is 685. The highest BCUT2D eigenvalue weighted by atomic mass is 79.9. The van der Waals surface area contributed by atoms with Crippen molar-refractivity contribution in [3.8, 4) is 0 Å². The Labute approximate surface area is 128 Å². The van der Waals surface area contributed by atoms with Gasteiger partial charge < -0.3 is 5.11 Å². The van der Waals surface area contributed by atoms with Gasteiger partial charge in [-0.15, -0.1) is 5.10 Å². The quantitative estimate of drug-likeness (QED) is 0.908. The predicted octanol–water partition coefficient (Wildman–Crippen LogP) is 1.93. The van der Waals surface area contributed by atoms with Crippen molar-refractivity contribution in [1.82, 2.24) is 19.9 Å². The average molecular weight is 355 g/mol. The van der Waals surface area contributed by atoms with Crippen molar-refractivity contribution in [3.05, 3.63) is 45.9 Å². The molecule has 110 valence electrons. The zero-order valence-corrected chi connectivity index (χ0v) is 12.5. The van der Waals surface area contributed by atoms with Gasteiger partial charge in [0.15, 0.2) is 5.69 Å². The summed E-state index contributed by atoms with van der Waals surface area (Å²) in [5.74, 6) is -1.35. The van der Waals surface area contributed by atoms with E-state index in [2.05, 4.69) is 31.1 Å². The molecular weight excluding hydrogens is 343 g/mol. The molecular formula is C13H12BrFN4O2. The third kappa shape index (κ3) is 2.96. The summed E-state index contributed by atoms with van der Waals surface area (Å²) in [7, 11) is 0. The van der Waals surface area contributed by atoms with E-state index in [4.69, 9.17) is 5.11 Å². The Hall–Kier alpha value is -1.80. The van der Waals surface area contributed by atoms with Crippen LogP contribution >= 0.6 is 15.9 Å². The Balaban J connectivity index is 1.57. The van der Waals surface area contributed by atoms with Crippen molar-refractivity contribution in [1.29, 1.82) is 0 Å². The smallest absolute Gasteiger partial charge is 0.358 e. The number of hydrogen-bond donors (Lipinski definition) is 1. The van der Waals surface area contributed by atoms with E-state index in [-0.39, 0.29) is 17.6 Å². The Morgan fingerprint density at radius 1 is 1.48 bits per heavy atom. The van der Waals surface area contributed by atoms with E-state index >= 15 is 0 Å². The second-order valence-corrected chi connectivity index (χ2v) is 5.84. The molecule has 21 heavy (non-hydrogen) atoms. The summed E-state index contributed by atoms with van der Waals surface area (Å²) in [4.78, 5) is 12.9. The van der Waals surface area contributed by atoms with E-state index in [1.165, 1.54) is 12.3 Å². The fraction of sp³-hybridized carbons (Fsp3) is 0.308. The molecule has 0 unspecified atom stereocenters. The lowest BCUT2D eigenvalue weighted by atomic mass is 10.1. The lowest BCUT2D eigenvalue weighted by molar-refractivity contribution is 0.0690. The number of nitrogens with zero attached hydrogens (tertiary/aromatic N) is 4. The summed E-state index contributed by atoms with van der Waals surface area (Å²) >= 11 is 3.17. The molecule has 1 N–H and O–H groups in total. The van der Waals surface area contributed by atoms with Crippen LogP contribution in [0.1, 0.15) is 22.1 Å². The summed E-state index contributed by atoms with van der Waals surface area (Å²) in [5.41, 5.74) is 0.974. The standard InChI is InChI=1S/C13H12BrFN4O2/c14-10-3-8(1-2-11(10)15)4-18-5-9(6-18)19-7-12(13(20)21)16-17-19/h1-3,7,9H,4-6H2,(H,20,21). The SMILES string of the molecule is O=C(O)c1cn(C2CN(Cc3ccc(F)c(Br)c3)C2)nn1. The molecule has 0 saturated carbocycles. The van der Waals surface area contributed by atoms with Gasteiger partial charge in [-0.1, -0.05) is 11.3 Å². The molecule has 1 aromatic heterocycles. The number of carbonyl (C=O) groups is 1. The Morgan fingerprint density at radius 2 is 2.24 bits per heavy atom. The molecule has 0 radical (unpaired) electrons. The van der Waals surface area contributed by atoms with E-state index in [0.717, 1.165) is 25.2 Å². The second kappa shape index (κ2) is 5.53. The topological polar surface area (TPSA) is 71.2 Å². The molecule has 3 rings (SSSR count). The van der Waals surface area contributed by atoms with Crippen molar-refractivity contribution < 1.29 is 14.3 Å². The van der Waals surface area contributed by atoms with Crippen molar-refractivity contribution in [3.63, 3.8) is 0 Å². The average Bonchev–Trinajstić information content (AvgIpc) is 2.87. The van der Waals surface area contributed by atoms with Gasteiger partial charge in [0.25, 0.3) is 0 Å². The molecule has 1 fully saturated rings. The molecule has 2 heterocycles. The predicted molar refractivity (Wildman–Crippen MR) is 75.4 cm³/mol. The van der Waals surface area contributed by atoms with Gasteiger partial charge in [0.2, 0.25) is 0 Å². The first kappa shape index (κ1) is 14.2. The summed E-state index contributed by atoms with van der Waals surface area (Å²) in [6, 6.07) is 5.09. The van der Waals surface area contributed by atoms with Gasteiger partial charge >= 0.3 is 5.97 Å². The minimum absolute atomic E-state index is 0.0454. The molecule has 1 saturated heterocycles. The zero-order valence-electron chi connectivity index (χ0n) is 10.9. The van der Waals surface area contributed by atoms with Crippen LogP contribution in [0.15, 0.2) is 28.9 Å². The first-order chi connectivity index (χ1) is 10.0. The van der Waals surface area contributed by atoms with Crippen molar-refractivity contribution in [2.24, 2.45) is 0 Å². The number of aromatic carboxylic acids is 1. The van der Waals surface area contributed by atoms with Gasteiger partial charge in [0, 0.05) is 19.6 Å². The van der Waals surface area contributed by atoms with E-state index in [0.29, 0.717) is 4.47 Å². The second-order valence-electron chi connectivity index (χ2n) is 4.99. The minimum Gasteiger partial charge on any atom is -0.476 e. The molecule has 1 aliphatic rings. The van der Waals surface area contributed by atoms with E-state index in [1.807, 2.05) is 0 Å². The largest absolute Gasteiger partial charge is 0.476 e. The lowest BCUT2D eigenvalue weighted by Gasteiger charge is -2.38. The molecule has 1 aromatic carbocycles. The van der Waals surface area contributed by atoms with Crippen LogP contribution < -0.4 is 0 Å². The Kier molecular flexibility index (Phi) is 3.73. The fourth-order valence-electron chi connectivity index (χ4n) is 2.29. The summed E-state index contributed by atoms with van der Waals surface area (Å²) in [6.07, 6.45) is 1.44. The Morgan fingerprint density at radius 3 is 2.86 bits per heavy atom. The summed E-state index contributed by atoms with van der Waals surface area (Å²) in [5, 5.41) is 16.2. The molecule has 8 heteroatoms. The molecule has 0 bridgehead atoms. The molecule has 0 aliphatic carbocycles. The van der Waals surface area contributed by atoms with Crippen LogP contribution in [0, 0.1) is 5.82 Å². The number of likely N-dealkylation sites (tertiary alicyclic amines) is 1. The molecule has 1 aliphatic heterocycles. The summed E-state index contributed by atoms with van der Waals surface area (Å²) < 4.78 is 15.2. The zero-order chi connectivity index (χ0) is 15.0. The lowest BCUT2D eigenvalue weighted by Crippen LogP contribution is -2.47. The minimum atomic E-state index is -1.08. The molecule has 0 amide bonds. The maximum Gasteiger partial charge on any atom is 0.358 e. The van der Waals surface area contributed by atoms with Gasteiger partial charge in [0.1, 0.15) is 5.82 Å². The molecule has 0 atom stereocenters. The van der Waals surface area contributed by atoms with Crippen molar-refractivity contribution >= 4 is 21.9 Å². The third-order valence-corrected chi connectivity index (χ3v) is 4.04. The van der Waals surface area contributed by atoms with Crippen LogP contribution in [-0.4, -0.2) is 44.1 Å². The van der Waals surface area contributed by atoms with Crippen molar-refractivity contribution in [2.75, 3.05) is 13.1 Å². The molecule has 2 aromatic rings. The first-order valence-electron chi connectivity index (χ1n) is 6.34. The van der Waals surface area contributed by atoms with E-state index in [9.17, 15) is 9.18 Å². The van der Waals surface area contributed by atoms with Gasteiger partial charge in [-0.05, 0) is 33.6 Å². The number of carboxylic acid groups (broad SMARTS) is 1. The van der Waals surface area contributed by atoms with Crippen LogP contribution in [0.2, 0.25) is 0 Å². The van der Waals surface area contributed by atoms with Crippen LogP contribution in [0.25, 0.3) is 0 Å². The van der Waals surface area contributed by atoms with Gasteiger partial charge in [-0.2, -0.15) is 0 Å².